The number of aromatic nitrogens is 2. The summed E-state index contributed by atoms with van der Waals surface area (Å²) in [7, 11) is 0. The quantitative estimate of drug-likeness (QED) is 0.656. The van der Waals surface area contributed by atoms with Crippen molar-refractivity contribution in [1.29, 1.82) is 5.26 Å². The third-order valence-corrected chi connectivity index (χ3v) is 1.50. The first-order valence-corrected chi connectivity index (χ1v) is 3.99. The number of hydrogen-bond acceptors (Lipinski definition) is 3. The summed E-state index contributed by atoms with van der Waals surface area (Å²) in [6.07, 6.45) is 2.66. The first-order valence-electron chi connectivity index (χ1n) is 3.99. The van der Waals surface area contributed by atoms with Crippen LogP contribution in [0.1, 0.15) is 23.3 Å². The van der Waals surface area contributed by atoms with Gasteiger partial charge in [0.15, 0.2) is 0 Å². The number of nitrogens with one attached hydrogen (secondary N) is 2. The van der Waals surface area contributed by atoms with E-state index in [1.165, 1.54) is 6.20 Å². The number of amides is 1. The smallest absolute Gasteiger partial charge is 0.269 e. The van der Waals surface area contributed by atoms with Gasteiger partial charge in [0.2, 0.25) is 0 Å². The average Bonchev–Trinajstić information content (AvgIpc) is 2.65. The summed E-state index contributed by atoms with van der Waals surface area (Å²) in [5.41, 5.74) is 0.442. The Morgan fingerprint density at radius 1 is 1.77 bits per heavy atom. The first-order chi connectivity index (χ1) is 6.34. The van der Waals surface area contributed by atoms with Crippen LogP contribution < -0.4 is 5.32 Å². The highest BCUT2D eigenvalue weighted by Gasteiger charge is 2.04. The molecule has 1 aromatic rings. The van der Waals surface area contributed by atoms with Crippen molar-refractivity contribution >= 4 is 5.91 Å². The van der Waals surface area contributed by atoms with Crippen LogP contribution in [0.5, 0.6) is 0 Å². The van der Waals surface area contributed by atoms with Gasteiger partial charge >= 0.3 is 0 Å². The molecule has 0 bridgehead atoms. The summed E-state index contributed by atoms with van der Waals surface area (Å²) < 4.78 is 0. The van der Waals surface area contributed by atoms with Crippen molar-refractivity contribution in [3.63, 3.8) is 0 Å². The summed E-state index contributed by atoms with van der Waals surface area (Å²) >= 11 is 0. The first kappa shape index (κ1) is 9.26. The lowest BCUT2D eigenvalue weighted by atomic mass is 10.3. The Labute approximate surface area is 75.8 Å². The highest BCUT2D eigenvalue weighted by Crippen LogP contribution is 1.91. The van der Waals surface area contributed by atoms with Crippen molar-refractivity contribution in [2.75, 3.05) is 6.54 Å². The number of carbonyl (C=O) groups is 1. The molecule has 0 aliphatic heterocycles. The van der Waals surface area contributed by atoms with Crippen LogP contribution in [0.4, 0.5) is 0 Å². The summed E-state index contributed by atoms with van der Waals surface area (Å²) in [4.78, 5) is 11.2. The fourth-order valence-electron chi connectivity index (χ4n) is 0.847. The number of hydrogen-bond donors (Lipinski definition) is 2. The predicted molar refractivity (Wildman–Crippen MR) is 45.8 cm³/mol. The van der Waals surface area contributed by atoms with E-state index >= 15 is 0 Å². The number of unbranched alkanes of at least 4 members (excludes halogenated alkanes) is 1. The van der Waals surface area contributed by atoms with E-state index in [4.69, 9.17) is 5.26 Å². The van der Waals surface area contributed by atoms with Gasteiger partial charge in [-0.1, -0.05) is 0 Å². The molecule has 0 radical (unpaired) electrons. The van der Waals surface area contributed by atoms with E-state index in [2.05, 4.69) is 15.5 Å². The van der Waals surface area contributed by atoms with Gasteiger partial charge in [0.25, 0.3) is 5.91 Å². The van der Waals surface area contributed by atoms with Crippen LogP contribution in [-0.4, -0.2) is 22.6 Å². The van der Waals surface area contributed by atoms with Gasteiger partial charge in [0.1, 0.15) is 5.69 Å². The van der Waals surface area contributed by atoms with Crippen LogP contribution in [0.15, 0.2) is 12.3 Å². The molecule has 13 heavy (non-hydrogen) atoms. The molecule has 1 amide bonds. The van der Waals surface area contributed by atoms with Gasteiger partial charge < -0.3 is 5.32 Å². The normalized spacial score (nSPS) is 9.15. The van der Waals surface area contributed by atoms with Gasteiger partial charge in [-0.3, -0.25) is 9.89 Å². The molecule has 0 spiro atoms. The van der Waals surface area contributed by atoms with E-state index in [-0.39, 0.29) is 5.91 Å². The molecule has 68 valence electrons. The second-order valence-electron chi connectivity index (χ2n) is 2.49. The molecule has 1 aromatic heterocycles. The topological polar surface area (TPSA) is 81.6 Å². The highest BCUT2D eigenvalue weighted by molar-refractivity contribution is 5.91. The lowest BCUT2D eigenvalue weighted by Gasteiger charge is -1.99. The molecule has 5 heteroatoms. The molecule has 0 aliphatic rings. The number of H-pyrrole nitrogens is 1. The Kier molecular flexibility index (Phi) is 3.51. The molecule has 0 fully saturated rings. The lowest BCUT2D eigenvalue weighted by molar-refractivity contribution is 0.0948. The van der Waals surface area contributed by atoms with Crippen LogP contribution in [0.25, 0.3) is 0 Å². The van der Waals surface area contributed by atoms with Gasteiger partial charge in [-0.2, -0.15) is 10.4 Å². The maximum Gasteiger partial charge on any atom is 0.269 e. The minimum Gasteiger partial charge on any atom is -0.351 e. The van der Waals surface area contributed by atoms with Gasteiger partial charge in [-0.15, -0.1) is 0 Å². The predicted octanol–water partition coefficient (Wildman–Crippen LogP) is 0.443. The Balaban J connectivity index is 2.24. The van der Waals surface area contributed by atoms with E-state index in [9.17, 15) is 4.79 Å². The molecule has 0 aromatic carbocycles. The van der Waals surface area contributed by atoms with E-state index in [0.717, 1.165) is 0 Å². The molecule has 1 rings (SSSR count). The maximum atomic E-state index is 11.2. The second-order valence-corrected chi connectivity index (χ2v) is 2.49. The fraction of sp³-hybridized carbons (Fsp3) is 0.375. The molecule has 0 unspecified atom stereocenters. The summed E-state index contributed by atoms with van der Waals surface area (Å²) in [6, 6.07) is 3.60. The summed E-state index contributed by atoms with van der Waals surface area (Å²) in [5, 5.41) is 17.1. The molecule has 0 saturated heterocycles. The van der Waals surface area contributed by atoms with Crippen molar-refractivity contribution in [3.05, 3.63) is 18.0 Å². The zero-order valence-electron chi connectivity index (χ0n) is 7.08. The standard InChI is InChI=1S/C8H10N4O/c9-4-1-2-5-10-8(13)7-3-6-11-12-7/h3,6H,1-2,5H2,(H,10,13)(H,11,12). The Morgan fingerprint density at radius 3 is 3.23 bits per heavy atom. The monoisotopic (exact) mass is 178 g/mol. The minimum atomic E-state index is -0.185. The van der Waals surface area contributed by atoms with Crippen molar-refractivity contribution in [2.45, 2.75) is 12.8 Å². The summed E-state index contributed by atoms with van der Waals surface area (Å²) in [6.45, 7) is 0.519. The zero-order chi connectivity index (χ0) is 9.52. The van der Waals surface area contributed by atoms with Gasteiger partial charge in [0, 0.05) is 19.2 Å². The van der Waals surface area contributed by atoms with Gasteiger partial charge in [-0.05, 0) is 12.5 Å². The second kappa shape index (κ2) is 4.93. The van der Waals surface area contributed by atoms with Crippen molar-refractivity contribution < 1.29 is 4.79 Å². The number of rotatable bonds is 4. The van der Waals surface area contributed by atoms with E-state index in [1.54, 1.807) is 6.07 Å². The molecule has 0 saturated carbocycles. The minimum absolute atomic E-state index is 0.185. The molecule has 0 atom stereocenters. The molecule has 2 N–H and O–H groups in total. The zero-order valence-corrected chi connectivity index (χ0v) is 7.08. The summed E-state index contributed by atoms with van der Waals surface area (Å²) in [5.74, 6) is -0.185. The van der Waals surface area contributed by atoms with E-state index in [0.29, 0.717) is 25.1 Å². The number of nitriles is 1. The Morgan fingerprint density at radius 2 is 2.62 bits per heavy atom. The van der Waals surface area contributed by atoms with Crippen LogP contribution in [0.2, 0.25) is 0 Å². The van der Waals surface area contributed by atoms with Crippen LogP contribution in [-0.2, 0) is 0 Å². The van der Waals surface area contributed by atoms with Crippen molar-refractivity contribution in [2.24, 2.45) is 0 Å². The average molecular weight is 178 g/mol. The molecule has 5 nitrogen and oxygen atoms in total. The SMILES string of the molecule is N#CCCCNC(=O)c1ccn[nH]1. The Hall–Kier alpha value is -1.83. The van der Waals surface area contributed by atoms with Crippen LogP contribution in [0.3, 0.4) is 0 Å². The molecule has 1 heterocycles. The third kappa shape index (κ3) is 2.95. The highest BCUT2D eigenvalue weighted by atomic mass is 16.1. The molecule has 0 aliphatic carbocycles. The number of carbonyl (C=O) groups excluding carboxylic acids is 1. The van der Waals surface area contributed by atoms with E-state index in [1.807, 2.05) is 6.07 Å². The van der Waals surface area contributed by atoms with E-state index < -0.39 is 0 Å². The van der Waals surface area contributed by atoms with Crippen molar-refractivity contribution in [3.8, 4) is 6.07 Å². The van der Waals surface area contributed by atoms with Crippen molar-refractivity contribution in [1.82, 2.24) is 15.5 Å². The molecular weight excluding hydrogens is 168 g/mol. The molecular formula is C8H10N4O. The lowest BCUT2D eigenvalue weighted by Crippen LogP contribution is -2.24. The number of nitrogens with zero attached hydrogens (tertiary/aromatic N) is 2. The third-order valence-electron chi connectivity index (χ3n) is 1.50. The number of aromatic amines is 1. The fourth-order valence-corrected chi connectivity index (χ4v) is 0.847. The van der Waals surface area contributed by atoms with Crippen LogP contribution >= 0.6 is 0 Å². The van der Waals surface area contributed by atoms with Gasteiger partial charge in [-0.25, -0.2) is 0 Å². The van der Waals surface area contributed by atoms with Gasteiger partial charge in [0.05, 0.1) is 6.07 Å². The maximum absolute atomic E-state index is 11.2. The largest absolute Gasteiger partial charge is 0.351 e. The van der Waals surface area contributed by atoms with Crippen LogP contribution in [0, 0.1) is 11.3 Å². The Bertz CT molecular complexity index is 298.